The number of halogens is 1. The molecule has 6 heteroatoms. The van der Waals surface area contributed by atoms with E-state index in [0.29, 0.717) is 29.8 Å². The Kier molecular flexibility index (Phi) is 5.20. The number of hydrogen-bond acceptors (Lipinski definition) is 3. The predicted molar refractivity (Wildman–Crippen MR) is 110 cm³/mol. The van der Waals surface area contributed by atoms with Gasteiger partial charge in [0.2, 0.25) is 0 Å². The highest BCUT2D eigenvalue weighted by atomic mass is 35.5. The maximum Gasteiger partial charge on any atom is 0.276 e. The smallest absolute Gasteiger partial charge is 0.276 e. The molecule has 1 amide bonds. The summed E-state index contributed by atoms with van der Waals surface area (Å²) in [6, 6.07) is 17.3. The Bertz CT molecular complexity index is 978. The Labute approximate surface area is 169 Å². The monoisotopic (exact) mass is 395 g/mol. The number of nitrogens with zero attached hydrogens (tertiary/aromatic N) is 2. The predicted octanol–water partition coefficient (Wildman–Crippen LogP) is 5.18. The molecule has 1 N–H and O–H groups in total. The number of ether oxygens (including phenoxy) is 1. The molecule has 1 aliphatic rings. The van der Waals surface area contributed by atoms with E-state index in [1.54, 1.807) is 6.07 Å². The highest BCUT2D eigenvalue weighted by Gasteiger charge is 2.24. The van der Waals surface area contributed by atoms with Crippen LogP contribution in [0, 0.1) is 0 Å². The SMILES string of the molecule is CC(C)c1ccc(NC(=O)c2cc3n(n2)CC(c2ccc(Cl)cc2)OC3)cc1. The molecule has 0 spiro atoms. The van der Waals surface area contributed by atoms with Gasteiger partial charge in [0.25, 0.3) is 5.91 Å². The molecule has 1 unspecified atom stereocenters. The third-order valence-electron chi connectivity index (χ3n) is 4.94. The quantitative estimate of drug-likeness (QED) is 0.661. The number of carbonyl (C=O) groups excluding carboxylic acids is 1. The molecule has 28 heavy (non-hydrogen) atoms. The zero-order valence-electron chi connectivity index (χ0n) is 15.9. The number of fused-ring (bicyclic) bond motifs is 1. The molecule has 2 heterocycles. The lowest BCUT2D eigenvalue weighted by Crippen LogP contribution is -2.22. The van der Waals surface area contributed by atoms with Crippen molar-refractivity contribution in [2.45, 2.75) is 39.0 Å². The molecule has 1 aromatic heterocycles. The van der Waals surface area contributed by atoms with Crippen LogP contribution < -0.4 is 5.32 Å². The van der Waals surface area contributed by atoms with Gasteiger partial charge in [-0.05, 0) is 47.4 Å². The van der Waals surface area contributed by atoms with Crippen LogP contribution in [0.1, 0.15) is 53.2 Å². The molecule has 2 aromatic carbocycles. The van der Waals surface area contributed by atoms with Crippen molar-refractivity contribution in [1.29, 1.82) is 0 Å². The first-order valence-corrected chi connectivity index (χ1v) is 9.72. The van der Waals surface area contributed by atoms with Crippen molar-refractivity contribution in [3.05, 3.63) is 82.1 Å². The second-order valence-electron chi connectivity index (χ2n) is 7.29. The van der Waals surface area contributed by atoms with Crippen LogP contribution in [0.2, 0.25) is 5.02 Å². The van der Waals surface area contributed by atoms with E-state index >= 15 is 0 Å². The van der Waals surface area contributed by atoms with E-state index < -0.39 is 0 Å². The number of rotatable bonds is 4. The van der Waals surface area contributed by atoms with Crippen molar-refractivity contribution in [2.24, 2.45) is 0 Å². The van der Waals surface area contributed by atoms with Gasteiger partial charge in [-0.1, -0.05) is 49.7 Å². The third-order valence-corrected chi connectivity index (χ3v) is 5.20. The number of benzene rings is 2. The van der Waals surface area contributed by atoms with Gasteiger partial charge in [-0.15, -0.1) is 0 Å². The first kappa shape index (κ1) is 18.7. The summed E-state index contributed by atoms with van der Waals surface area (Å²) in [5.41, 5.74) is 4.33. The van der Waals surface area contributed by atoms with Crippen molar-refractivity contribution in [2.75, 3.05) is 5.32 Å². The molecule has 1 atom stereocenters. The van der Waals surface area contributed by atoms with Crippen molar-refractivity contribution in [1.82, 2.24) is 9.78 Å². The largest absolute Gasteiger partial charge is 0.365 e. The number of nitrogens with one attached hydrogen (secondary N) is 1. The van der Waals surface area contributed by atoms with Gasteiger partial charge in [0.05, 0.1) is 18.8 Å². The van der Waals surface area contributed by atoms with Gasteiger partial charge in [-0.3, -0.25) is 9.48 Å². The highest BCUT2D eigenvalue weighted by molar-refractivity contribution is 6.30. The van der Waals surface area contributed by atoms with Crippen molar-refractivity contribution >= 4 is 23.2 Å². The lowest BCUT2D eigenvalue weighted by molar-refractivity contribution is -0.00118. The summed E-state index contributed by atoms with van der Waals surface area (Å²) in [6.07, 6.45) is -0.107. The normalized spacial score (nSPS) is 16.1. The fourth-order valence-electron chi connectivity index (χ4n) is 3.26. The second-order valence-corrected chi connectivity index (χ2v) is 7.72. The zero-order valence-corrected chi connectivity index (χ0v) is 16.6. The molecular formula is C22H22ClN3O2. The molecular weight excluding hydrogens is 374 g/mol. The van der Waals surface area contributed by atoms with E-state index in [-0.39, 0.29) is 12.0 Å². The summed E-state index contributed by atoms with van der Waals surface area (Å²) in [6.45, 7) is 5.26. The Hall–Kier alpha value is -2.63. The molecule has 1 aliphatic heterocycles. The molecule has 0 bridgehead atoms. The lowest BCUT2D eigenvalue weighted by Gasteiger charge is -2.24. The second kappa shape index (κ2) is 7.78. The van der Waals surface area contributed by atoms with Crippen molar-refractivity contribution < 1.29 is 9.53 Å². The van der Waals surface area contributed by atoms with Crippen LogP contribution in [0.15, 0.2) is 54.6 Å². The molecule has 5 nitrogen and oxygen atoms in total. The van der Waals surface area contributed by atoms with Crippen LogP contribution in [-0.4, -0.2) is 15.7 Å². The van der Waals surface area contributed by atoms with Crippen molar-refractivity contribution in [3.63, 3.8) is 0 Å². The van der Waals surface area contributed by atoms with Crippen LogP contribution in [0.4, 0.5) is 5.69 Å². The molecule has 4 rings (SSSR count). The molecule has 0 fully saturated rings. The Balaban J connectivity index is 1.46. The molecule has 0 saturated heterocycles. The minimum Gasteiger partial charge on any atom is -0.365 e. The number of anilines is 1. The van der Waals surface area contributed by atoms with E-state index in [1.807, 2.05) is 53.2 Å². The van der Waals surface area contributed by atoms with Crippen molar-refractivity contribution in [3.8, 4) is 0 Å². The Morgan fingerprint density at radius 3 is 2.57 bits per heavy atom. The fraction of sp³-hybridized carbons (Fsp3) is 0.273. The van der Waals surface area contributed by atoms with Crippen LogP contribution in [0.5, 0.6) is 0 Å². The Morgan fingerprint density at radius 1 is 1.18 bits per heavy atom. The number of hydrogen-bond donors (Lipinski definition) is 1. The summed E-state index contributed by atoms with van der Waals surface area (Å²) in [5.74, 6) is 0.237. The van der Waals surface area contributed by atoms with Gasteiger partial charge in [-0.2, -0.15) is 5.10 Å². The van der Waals surface area contributed by atoms with Crippen LogP contribution in [-0.2, 0) is 17.9 Å². The maximum absolute atomic E-state index is 12.6. The average Bonchev–Trinajstić information content (AvgIpc) is 3.12. The first-order valence-electron chi connectivity index (χ1n) is 9.34. The lowest BCUT2D eigenvalue weighted by atomic mass is 10.0. The molecule has 0 saturated carbocycles. The molecule has 3 aromatic rings. The van der Waals surface area contributed by atoms with Crippen LogP contribution >= 0.6 is 11.6 Å². The van der Waals surface area contributed by atoms with Gasteiger partial charge >= 0.3 is 0 Å². The van der Waals surface area contributed by atoms with Gasteiger partial charge in [-0.25, -0.2) is 0 Å². The van der Waals surface area contributed by atoms with E-state index in [9.17, 15) is 4.79 Å². The fourth-order valence-corrected chi connectivity index (χ4v) is 3.39. The minimum atomic E-state index is -0.220. The first-order chi connectivity index (χ1) is 13.5. The number of amides is 1. The summed E-state index contributed by atoms with van der Waals surface area (Å²) in [5, 5.41) is 8.09. The topological polar surface area (TPSA) is 56.2 Å². The molecule has 144 valence electrons. The Morgan fingerprint density at radius 2 is 1.89 bits per heavy atom. The van der Waals surface area contributed by atoms with E-state index in [1.165, 1.54) is 5.56 Å². The highest BCUT2D eigenvalue weighted by Crippen LogP contribution is 2.27. The summed E-state index contributed by atoms with van der Waals surface area (Å²) in [4.78, 5) is 12.6. The third kappa shape index (κ3) is 3.96. The average molecular weight is 396 g/mol. The van der Waals surface area contributed by atoms with Gasteiger partial charge < -0.3 is 10.1 Å². The minimum absolute atomic E-state index is 0.107. The van der Waals surface area contributed by atoms with E-state index in [0.717, 1.165) is 16.9 Å². The number of aromatic nitrogens is 2. The van der Waals surface area contributed by atoms with Crippen LogP contribution in [0.3, 0.4) is 0 Å². The number of carbonyl (C=O) groups is 1. The van der Waals surface area contributed by atoms with Gasteiger partial charge in [0.15, 0.2) is 5.69 Å². The summed E-state index contributed by atoms with van der Waals surface area (Å²) in [7, 11) is 0. The van der Waals surface area contributed by atoms with Gasteiger partial charge in [0.1, 0.15) is 6.10 Å². The molecule has 0 aliphatic carbocycles. The zero-order chi connectivity index (χ0) is 19.7. The molecule has 0 radical (unpaired) electrons. The van der Waals surface area contributed by atoms with Gasteiger partial charge in [0, 0.05) is 10.7 Å². The van der Waals surface area contributed by atoms with E-state index in [4.69, 9.17) is 16.3 Å². The summed E-state index contributed by atoms with van der Waals surface area (Å²) >= 11 is 5.96. The van der Waals surface area contributed by atoms with E-state index in [2.05, 4.69) is 24.3 Å². The summed E-state index contributed by atoms with van der Waals surface area (Å²) < 4.78 is 7.79. The maximum atomic E-state index is 12.6. The van der Waals surface area contributed by atoms with Crippen LogP contribution in [0.25, 0.3) is 0 Å². The standard InChI is InChI=1S/C22H22ClN3O2/c1-14(2)15-5-9-18(10-6-15)24-22(27)20-11-19-13-28-21(12-26(19)25-20)16-3-7-17(23)8-4-16/h3-11,14,21H,12-13H2,1-2H3,(H,24,27).